The summed E-state index contributed by atoms with van der Waals surface area (Å²) >= 11 is 5.72. The van der Waals surface area contributed by atoms with Crippen LogP contribution in [-0.2, 0) is 9.53 Å². The minimum Gasteiger partial charge on any atom is -0.443 e. The fourth-order valence-corrected chi connectivity index (χ4v) is 2.07. The van der Waals surface area contributed by atoms with Gasteiger partial charge in [-0.3, -0.25) is 10.2 Å². The zero-order valence-electron chi connectivity index (χ0n) is 13.2. The molecule has 0 aromatic heterocycles. The monoisotopic (exact) mass is 326 g/mol. The summed E-state index contributed by atoms with van der Waals surface area (Å²) in [4.78, 5) is 23.9. The number of rotatable bonds is 5. The predicted octanol–water partition coefficient (Wildman–Crippen LogP) is 3.35. The maximum absolute atomic E-state index is 12.3. The second-order valence-corrected chi connectivity index (χ2v) is 6.29. The second-order valence-electron chi connectivity index (χ2n) is 5.91. The summed E-state index contributed by atoms with van der Waals surface area (Å²) in [6.45, 7) is 5.25. The Morgan fingerprint density at radius 2 is 1.82 bits per heavy atom. The normalized spacial score (nSPS) is 12.4. The minimum atomic E-state index is -0.690. The first-order valence-electron chi connectivity index (χ1n) is 7.23. The largest absolute Gasteiger partial charge is 0.443 e. The molecular formula is C16H23ClN2O3. The third-order valence-corrected chi connectivity index (χ3v) is 3.10. The molecule has 0 aliphatic heterocycles. The van der Waals surface area contributed by atoms with Gasteiger partial charge in [0.2, 0.25) is 5.91 Å². The summed E-state index contributed by atoms with van der Waals surface area (Å²) in [5.74, 6) is -0.173. The predicted molar refractivity (Wildman–Crippen MR) is 86.6 cm³/mol. The van der Waals surface area contributed by atoms with Gasteiger partial charge in [0.1, 0.15) is 5.60 Å². The molecule has 0 radical (unpaired) electrons. The number of ether oxygens (including phenoxy) is 1. The summed E-state index contributed by atoms with van der Waals surface area (Å²) < 4.78 is 5.07. The first-order chi connectivity index (χ1) is 10.3. The van der Waals surface area contributed by atoms with E-state index in [0.29, 0.717) is 18.7 Å². The van der Waals surface area contributed by atoms with Gasteiger partial charge < -0.3 is 4.74 Å². The quantitative estimate of drug-likeness (QED) is 0.644. The van der Waals surface area contributed by atoms with Crippen molar-refractivity contribution in [3.63, 3.8) is 0 Å². The molecule has 122 valence electrons. The Bertz CT molecular complexity index is 486. The highest BCUT2D eigenvalue weighted by Gasteiger charge is 2.22. The average Bonchev–Trinajstić information content (AvgIpc) is 2.45. The van der Waals surface area contributed by atoms with E-state index in [4.69, 9.17) is 16.3 Å². The van der Waals surface area contributed by atoms with Gasteiger partial charge >= 0.3 is 6.09 Å². The lowest BCUT2D eigenvalue weighted by atomic mass is 9.94. The number of alkyl halides is 1. The number of benzene rings is 1. The molecule has 22 heavy (non-hydrogen) atoms. The first-order valence-corrected chi connectivity index (χ1v) is 7.76. The van der Waals surface area contributed by atoms with Crippen molar-refractivity contribution >= 4 is 23.6 Å². The fraction of sp³-hybridized carbons (Fsp3) is 0.500. The van der Waals surface area contributed by atoms with E-state index in [1.165, 1.54) is 0 Å². The van der Waals surface area contributed by atoms with Crippen LogP contribution in [0.25, 0.3) is 0 Å². The van der Waals surface area contributed by atoms with E-state index in [1.54, 1.807) is 20.8 Å². The second kappa shape index (κ2) is 8.63. The molecule has 0 aliphatic rings. The number of carbonyl (C=O) groups is 2. The molecule has 2 amide bonds. The topological polar surface area (TPSA) is 67.4 Å². The zero-order chi connectivity index (χ0) is 16.6. The molecule has 0 heterocycles. The number of hydrogen-bond donors (Lipinski definition) is 2. The van der Waals surface area contributed by atoms with Crippen molar-refractivity contribution in [1.29, 1.82) is 0 Å². The van der Waals surface area contributed by atoms with E-state index in [2.05, 4.69) is 10.9 Å². The van der Waals surface area contributed by atoms with Crippen LogP contribution in [-0.4, -0.2) is 23.5 Å². The van der Waals surface area contributed by atoms with E-state index in [-0.39, 0.29) is 11.8 Å². The van der Waals surface area contributed by atoms with E-state index >= 15 is 0 Å². The van der Waals surface area contributed by atoms with Crippen molar-refractivity contribution in [2.75, 3.05) is 5.88 Å². The van der Waals surface area contributed by atoms with E-state index in [9.17, 15) is 9.59 Å². The molecule has 0 saturated carbocycles. The van der Waals surface area contributed by atoms with Gasteiger partial charge in [0, 0.05) is 5.88 Å². The summed E-state index contributed by atoms with van der Waals surface area (Å²) in [6.07, 6.45) is 0.626. The standard InChI is InChI=1S/C16H23ClN2O3/c1-16(2,3)22-15(21)19-18-14(20)13(10-7-11-17)12-8-5-4-6-9-12/h4-6,8-9,13H,7,10-11H2,1-3H3,(H,18,20)(H,19,21). The molecule has 0 spiro atoms. The lowest BCUT2D eigenvalue weighted by Gasteiger charge is -2.21. The van der Waals surface area contributed by atoms with E-state index in [1.807, 2.05) is 30.3 Å². The van der Waals surface area contributed by atoms with Crippen molar-refractivity contribution in [1.82, 2.24) is 10.9 Å². The molecule has 1 aromatic carbocycles. The maximum atomic E-state index is 12.3. The Morgan fingerprint density at radius 1 is 1.18 bits per heavy atom. The average molecular weight is 327 g/mol. The van der Waals surface area contributed by atoms with Crippen molar-refractivity contribution in [2.24, 2.45) is 0 Å². The van der Waals surface area contributed by atoms with Crippen LogP contribution >= 0.6 is 11.6 Å². The van der Waals surface area contributed by atoms with Crippen LogP contribution in [0.3, 0.4) is 0 Å². The number of amides is 2. The van der Waals surface area contributed by atoms with Gasteiger partial charge in [-0.1, -0.05) is 30.3 Å². The van der Waals surface area contributed by atoms with Gasteiger partial charge in [-0.25, -0.2) is 10.2 Å². The van der Waals surface area contributed by atoms with Crippen LogP contribution in [0.1, 0.15) is 45.1 Å². The smallest absolute Gasteiger partial charge is 0.426 e. The van der Waals surface area contributed by atoms with Crippen LogP contribution in [0, 0.1) is 0 Å². The lowest BCUT2D eigenvalue weighted by molar-refractivity contribution is -0.123. The number of halogens is 1. The summed E-state index contributed by atoms with van der Waals surface area (Å²) in [7, 11) is 0. The third-order valence-electron chi connectivity index (χ3n) is 2.83. The van der Waals surface area contributed by atoms with E-state index in [0.717, 1.165) is 5.56 Å². The molecular weight excluding hydrogens is 304 g/mol. The number of hydrazine groups is 1. The van der Waals surface area contributed by atoms with Crippen LogP contribution < -0.4 is 10.9 Å². The summed E-state index contributed by atoms with van der Waals surface area (Å²) in [5, 5.41) is 0. The number of nitrogens with one attached hydrogen (secondary N) is 2. The molecule has 1 unspecified atom stereocenters. The SMILES string of the molecule is CC(C)(C)OC(=O)NNC(=O)C(CCCCl)c1ccccc1. The Hall–Kier alpha value is -1.75. The Labute approximate surface area is 136 Å². The molecule has 1 aromatic rings. The fourth-order valence-electron chi connectivity index (χ4n) is 1.92. The molecule has 5 nitrogen and oxygen atoms in total. The zero-order valence-corrected chi connectivity index (χ0v) is 13.9. The van der Waals surface area contributed by atoms with Crippen LogP contribution in [0.2, 0.25) is 0 Å². The van der Waals surface area contributed by atoms with Crippen molar-refractivity contribution in [3.8, 4) is 0 Å². The lowest BCUT2D eigenvalue weighted by Crippen LogP contribution is -2.46. The molecule has 0 fully saturated rings. The molecule has 2 N–H and O–H groups in total. The molecule has 0 aliphatic carbocycles. The highest BCUT2D eigenvalue weighted by atomic mass is 35.5. The minimum absolute atomic E-state index is 0.290. The van der Waals surface area contributed by atoms with Gasteiger partial charge in [-0.2, -0.15) is 0 Å². The van der Waals surface area contributed by atoms with Crippen LogP contribution in [0.4, 0.5) is 4.79 Å². The molecule has 1 rings (SSSR count). The summed E-state index contributed by atoms with van der Waals surface area (Å²) in [6, 6.07) is 9.39. The Morgan fingerprint density at radius 3 is 2.36 bits per heavy atom. The number of carbonyl (C=O) groups excluding carboxylic acids is 2. The van der Waals surface area contributed by atoms with Crippen molar-refractivity contribution in [2.45, 2.75) is 45.1 Å². The van der Waals surface area contributed by atoms with Crippen molar-refractivity contribution < 1.29 is 14.3 Å². The maximum Gasteiger partial charge on any atom is 0.426 e. The van der Waals surface area contributed by atoms with Crippen LogP contribution in [0.5, 0.6) is 0 Å². The highest BCUT2D eigenvalue weighted by Crippen LogP contribution is 2.21. The van der Waals surface area contributed by atoms with E-state index < -0.39 is 11.7 Å². The van der Waals surface area contributed by atoms with Gasteiger partial charge in [0.05, 0.1) is 5.92 Å². The Balaban J connectivity index is 2.63. The molecule has 6 heteroatoms. The van der Waals surface area contributed by atoms with Gasteiger partial charge in [0.15, 0.2) is 0 Å². The number of hydrogen-bond acceptors (Lipinski definition) is 3. The van der Waals surface area contributed by atoms with Gasteiger partial charge in [-0.05, 0) is 39.2 Å². The van der Waals surface area contributed by atoms with Gasteiger partial charge in [0.25, 0.3) is 0 Å². The third kappa shape index (κ3) is 6.80. The van der Waals surface area contributed by atoms with Crippen molar-refractivity contribution in [3.05, 3.63) is 35.9 Å². The molecule has 0 bridgehead atoms. The van der Waals surface area contributed by atoms with Gasteiger partial charge in [-0.15, -0.1) is 11.6 Å². The highest BCUT2D eigenvalue weighted by molar-refractivity contribution is 6.17. The Kier molecular flexibility index (Phi) is 7.18. The first kappa shape index (κ1) is 18.3. The van der Waals surface area contributed by atoms with Crippen LogP contribution in [0.15, 0.2) is 30.3 Å². The molecule has 0 saturated heterocycles. The molecule has 1 atom stereocenters. The summed E-state index contributed by atoms with van der Waals surface area (Å²) in [5.41, 5.74) is 4.94.